The summed E-state index contributed by atoms with van der Waals surface area (Å²) >= 11 is 5.78. The van der Waals surface area contributed by atoms with E-state index in [2.05, 4.69) is 5.32 Å². The van der Waals surface area contributed by atoms with Gasteiger partial charge in [0.1, 0.15) is 5.82 Å². The number of nitrogens with one attached hydrogen (secondary N) is 1. The zero-order valence-corrected chi connectivity index (χ0v) is 9.66. The molecule has 0 unspecified atom stereocenters. The molecule has 2 rings (SSSR count). The molecule has 1 aromatic carbocycles. The van der Waals surface area contributed by atoms with Crippen LogP contribution in [0.2, 0.25) is 5.02 Å². The average molecular weight is 246 g/mol. The van der Waals surface area contributed by atoms with Crippen molar-refractivity contribution in [1.82, 2.24) is 0 Å². The van der Waals surface area contributed by atoms with Crippen LogP contribution in [0.3, 0.4) is 0 Å². The van der Waals surface area contributed by atoms with E-state index in [0.717, 1.165) is 12.1 Å². The lowest BCUT2D eigenvalue weighted by Gasteiger charge is -2.13. The zero-order chi connectivity index (χ0) is 11.5. The third-order valence-electron chi connectivity index (χ3n) is 3.05. The highest BCUT2D eigenvalue weighted by Gasteiger charge is 2.16. The van der Waals surface area contributed by atoms with Crippen molar-refractivity contribution in [3.8, 4) is 0 Å². The van der Waals surface area contributed by atoms with Crippen LogP contribution in [0.1, 0.15) is 25.7 Å². The van der Waals surface area contributed by atoms with E-state index < -0.39 is 11.6 Å². The van der Waals surface area contributed by atoms with Gasteiger partial charge in [-0.05, 0) is 24.8 Å². The van der Waals surface area contributed by atoms with Gasteiger partial charge in [0.2, 0.25) is 0 Å². The molecule has 0 aromatic heterocycles. The number of rotatable bonds is 3. The molecule has 0 heterocycles. The first-order chi connectivity index (χ1) is 7.66. The monoisotopic (exact) mass is 245 g/mol. The fourth-order valence-corrected chi connectivity index (χ4v) is 2.43. The van der Waals surface area contributed by atoms with Crippen molar-refractivity contribution in [2.24, 2.45) is 5.92 Å². The van der Waals surface area contributed by atoms with Gasteiger partial charge in [-0.2, -0.15) is 0 Å². The first-order valence-corrected chi connectivity index (χ1v) is 5.93. The van der Waals surface area contributed by atoms with Gasteiger partial charge in [-0.3, -0.25) is 0 Å². The first-order valence-electron chi connectivity index (χ1n) is 5.55. The topological polar surface area (TPSA) is 12.0 Å². The quantitative estimate of drug-likeness (QED) is 0.841. The van der Waals surface area contributed by atoms with Gasteiger partial charge in [0.25, 0.3) is 0 Å². The van der Waals surface area contributed by atoms with Crippen molar-refractivity contribution in [3.05, 3.63) is 28.8 Å². The lowest BCUT2D eigenvalue weighted by atomic mass is 10.1. The highest BCUT2D eigenvalue weighted by Crippen LogP contribution is 2.29. The van der Waals surface area contributed by atoms with E-state index in [9.17, 15) is 8.78 Å². The summed E-state index contributed by atoms with van der Waals surface area (Å²) in [5, 5.41) is 3.08. The molecular formula is C12H14ClF2N. The normalized spacial score (nSPS) is 16.7. The number of halogens is 3. The van der Waals surface area contributed by atoms with Crippen molar-refractivity contribution < 1.29 is 8.78 Å². The van der Waals surface area contributed by atoms with Gasteiger partial charge in [-0.1, -0.05) is 24.4 Å². The van der Waals surface area contributed by atoms with Crippen LogP contribution in [0.5, 0.6) is 0 Å². The van der Waals surface area contributed by atoms with Crippen LogP contribution < -0.4 is 5.32 Å². The van der Waals surface area contributed by atoms with E-state index >= 15 is 0 Å². The molecule has 1 aliphatic carbocycles. The molecular weight excluding hydrogens is 232 g/mol. The summed E-state index contributed by atoms with van der Waals surface area (Å²) in [4.78, 5) is 0. The van der Waals surface area contributed by atoms with Gasteiger partial charge < -0.3 is 5.32 Å². The zero-order valence-electron chi connectivity index (χ0n) is 8.90. The Bertz CT molecular complexity index is 352. The summed E-state index contributed by atoms with van der Waals surface area (Å²) in [6.07, 6.45) is 4.83. The molecule has 1 fully saturated rings. The molecule has 0 bridgehead atoms. The fraction of sp³-hybridized carbons (Fsp3) is 0.500. The van der Waals surface area contributed by atoms with Gasteiger partial charge in [0.05, 0.1) is 10.7 Å². The Morgan fingerprint density at radius 2 is 1.94 bits per heavy atom. The molecule has 0 radical (unpaired) electrons. The Morgan fingerprint density at radius 1 is 1.25 bits per heavy atom. The third kappa shape index (κ3) is 2.64. The van der Waals surface area contributed by atoms with Crippen molar-refractivity contribution >= 4 is 17.3 Å². The largest absolute Gasteiger partial charge is 0.381 e. The van der Waals surface area contributed by atoms with Crippen LogP contribution in [0, 0.1) is 17.6 Å². The summed E-state index contributed by atoms with van der Waals surface area (Å²) in [6.45, 7) is 0.711. The van der Waals surface area contributed by atoms with E-state index in [-0.39, 0.29) is 10.7 Å². The Labute approximate surface area is 98.8 Å². The van der Waals surface area contributed by atoms with E-state index in [4.69, 9.17) is 11.6 Å². The minimum atomic E-state index is -0.645. The molecule has 0 atom stereocenters. The van der Waals surface area contributed by atoms with E-state index in [0.29, 0.717) is 12.5 Å². The second-order valence-corrected chi connectivity index (χ2v) is 4.68. The Hall–Kier alpha value is -0.830. The summed E-state index contributed by atoms with van der Waals surface area (Å²) in [7, 11) is 0. The van der Waals surface area contributed by atoms with Crippen LogP contribution in [0.15, 0.2) is 12.1 Å². The highest BCUT2D eigenvalue weighted by atomic mass is 35.5. The molecule has 16 heavy (non-hydrogen) atoms. The van der Waals surface area contributed by atoms with Gasteiger partial charge >= 0.3 is 0 Å². The maximum atomic E-state index is 13.4. The van der Waals surface area contributed by atoms with Gasteiger partial charge in [-0.15, -0.1) is 0 Å². The molecule has 0 amide bonds. The minimum Gasteiger partial charge on any atom is -0.381 e. The molecule has 1 nitrogen and oxygen atoms in total. The standard InChI is InChI=1S/C12H14ClF2N/c13-10-5-9(14)6-11(15)12(10)16-7-8-3-1-2-4-8/h5-6,8,16H,1-4,7H2. The molecule has 1 saturated carbocycles. The summed E-state index contributed by atoms with van der Waals surface area (Å²) < 4.78 is 26.2. The lowest BCUT2D eigenvalue weighted by Crippen LogP contribution is -2.12. The van der Waals surface area contributed by atoms with Crippen molar-refractivity contribution in [2.75, 3.05) is 11.9 Å². The predicted molar refractivity (Wildman–Crippen MR) is 61.8 cm³/mol. The number of anilines is 1. The van der Waals surface area contributed by atoms with Gasteiger partial charge in [-0.25, -0.2) is 8.78 Å². The molecule has 88 valence electrons. The molecule has 1 aromatic rings. The Morgan fingerprint density at radius 3 is 2.56 bits per heavy atom. The lowest BCUT2D eigenvalue weighted by molar-refractivity contribution is 0.567. The first kappa shape index (κ1) is 11.6. The van der Waals surface area contributed by atoms with Crippen LogP contribution in [0.25, 0.3) is 0 Å². The van der Waals surface area contributed by atoms with Crippen LogP contribution in [-0.4, -0.2) is 6.54 Å². The highest BCUT2D eigenvalue weighted by molar-refractivity contribution is 6.33. The Kier molecular flexibility index (Phi) is 3.64. The molecule has 0 spiro atoms. The number of hydrogen-bond donors (Lipinski definition) is 1. The molecule has 1 N–H and O–H groups in total. The number of benzene rings is 1. The van der Waals surface area contributed by atoms with Crippen LogP contribution >= 0.6 is 11.6 Å². The molecule has 0 saturated heterocycles. The van der Waals surface area contributed by atoms with Gasteiger partial charge in [0, 0.05) is 12.6 Å². The second-order valence-electron chi connectivity index (χ2n) is 4.28. The van der Waals surface area contributed by atoms with E-state index in [1.807, 2.05) is 0 Å². The van der Waals surface area contributed by atoms with Crippen LogP contribution in [-0.2, 0) is 0 Å². The summed E-state index contributed by atoms with van der Waals surface area (Å²) in [5.74, 6) is -0.683. The van der Waals surface area contributed by atoms with Crippen LogP contribution in [0.4, 0.5) is 14.5 Å². The molecule has 0 aliphatic heterocycles. The third-order valence-corrected chi connectivity index (χ3v) is 3.35. The van der Waals surface area contributed by atoms with Crippen molar-refractivity contribution in [2.45, 2.75) is 25.7 Å². The predicted octanol–water partition coefficient (Wildman–Crippen LogP) is 4.22. The maximum absolute atomic E-state index is 13.4. The fourth-order valence-electron chi connectivity index (χ4n) is 2.17. The van der Waals surface area contributed by atoms with E-state index in [1.165, 1.54) is 25.7 Å². The summed E-state index contributed by atoms with van der Waals surface area (Å²) in [5.41, 5.74) is 0.218. The van der Waals surface area contributed by atoms with Crippen molar-refractivity contribution in [3.63, 3.8) is 0 Å². The Balaban J connectivity index is 2.03. The van der Waals surface area contributed by atoms with E-state index in [1.54, 1.807) is 0 Å². The smallest absolute Gasteiger partial charge is 0.150 e. The van der Waals surface area contributed by atoms with Gasteiger partial charge in [0.15, 0.2) is 5.82 Å². The second kappa shape index (κ2) is 5.00. The average Bonchev–Trinajstić information content (AvgIpc) is 2.68. The molecule has 1 aliphatic rings. The summed E-state index contributed by atoms with van der Waals surface area (Å²) in [6, 6.07) is 1.98. The number of hydrogen-bond acceptors (Lipinski definition) is 1. The minimum absolute atomic E-state index is 0.107. The van der Waals surface area contributed by atoms with Crippen molar-refractivity contribution in [1.29, 1.82) is 0 Å². The molecule has 4 heteroatoms. The SMILES string of the molecule is Fc1cc(F)c(NCC2CCCC2)c(Cl)c1. The maximum Gasteiger partial charge on any atom is 0.150 e.